The molecule has 9 heteroatoms. The molecule has 0 amide bonds. The number of aromatic nitrogens is 2. The topological polar surface area (TPSA) is 64.0 Å². The Labute approximate surface area is 170 Å². The fraction of sp³-hybridized carbons (Fsp3) is 0.0952. The van der Waals surface area contributed by atoms with Crippen LogP contribution in [0.2, 0.25) is 0 Å². The molecular weight excluding hydrogens is 415 g/mol. The summed E-state index contributed by atoms with van der Waals surface area (Å²) in [6.07, 6.45) is 1.54. The van der Waals surface area contributed by atoms with Crippen molar-refractivity contribution in [3.05, 3.63) is 96.1 Å². The Morgan fingerprint density at radius 3 is 2.27 bits per heavy atom. The summed E-state index contributed by atoms with van der Waals surface area (Å²) in [5.41, 5.74) is 1.88. The van der Waals surface area contributed by atoms with Gasteiger partial charge in [-0.15, -0.1) is 0 Å². The molecule has 1 unspecified atom stereocenters. The summed E-state index contributed by atoms with van der Waals surface area (Å²) in [4.78, 5) is 3.21. The number of para-hydroxylation sites is 2. The van der Waals surface area contributed by atoms with Crippen molar-refractivity contribution in [2.45, 2.75) is 17.5 Å². The Kier molecular flexibility index (Phi) is 5.31. The average Bonchev–Trinajstić information content (AvgIpc) is 3.10. The highest BCUT2D eigenvalue weighted by Crippen LogP contribution is 2.24. The third-order valence-electron chi connectivity index (χ3n) is 4.66. The number of nitrogens with zero attached hydrogens (tertiary/aromatic N) is 2. The van der Waals surface area contributed by atoms with Crippen molar-refractivity contribution in [3.63, 3.8) is 0 Å². The number of hydrogen-bond acceptors (Lipinski definition) is 3. The molecule has 0 aliphatic rings. The van der Waals surface area contributed by atoms with Gasteiger partial charge in [0.1, 0.15) is 17.5 Å². The molecule has 1 N–H and O–H groups in total. The van der Waals surface area contributed by atoms with Crippen LogP contribution in [0.1, 0.15) is 11.6 Å². The summed E-state index contributed by atoms with van der Waals surface area (Å²) in [6.45, 7) is 0.0709. The van der Waals surface area contributed by atoms with Gasteiger partial charge < -0.3 is 4.57 Å². The second-order valence-electron chi connectivity index (χ2n) is 6.66. The predicted molar refractivity (Wildman–Crippen MR) is 106 cm³/mol. The maximum absolute atomic E-state index is 14.1. The first-order valence-electron chi connectivity index (χ1n) is 8.97. The highest BCUT2D eigenvalue weighted by molar-refractivity contribution is 7.89. The van der Waals surface area contributed by atoms with Gasteiger partial charge >= 0.3 is 0 Å². The number of halogens is 3. The molecule has 154 valence electrons. The van der Waals surface area contributed by atoms with Crippen LogP contribution in [0.25, 0.3) is 11.0 Å². The summed E-state index contributed by atoms with van der Waals surface area (Å²) in [7, 11) is -4.56. The number of benzene rings is 3. The molecule has 1 atom stereocenters. The van der Waals surface area contributed by atoms with E-state index in [9.17, 15) is 21.6 Å². The lowest BCUT2D eigenvalue weighted by atomic mass is 10.1. The minimum Gasteiger partial charge on any atom is -0.329 e. The SMILES string of the molecule is O=S(=O)(NC(Cn1cnc2ccccc21)c1ccc(F)cc1)c1c(F)cccc1F. The van der Waals surface area contributed by atoms with Crippen molar-refractivity contribution in [1.82, 2.24) is 14.3 Å². The van der Waals surface area contributed by atoms with Gasteiger partial charge in [-0.2, -0.15) is 0 Å². The molecule has 3 aromatic carbocycles. The van der Waals surface area contributed by atoms with E-state index in [-0.39, 0.29) is 6.54 Å². The molecule has 0 aliphatic carbocycles. The standard InChI is InChI=1S/C21H16F3N3O2S/c22-15-10-8-14(9-11-15)19(12-27-13-25-18-6-1-2-7-20(18)27)26-30(28,29)21-16(23)4-3-5-17(21)24/h1-11,13,19,26H,12H2. The van der Waals surface area contributed by atoms with Crippen LogP contribution in [0.4, 0.5) is 13.2 Å². The van der Waals surface area contributed by atoms with E-state index in [1.54, 1.807) is 17.0 Å². The number of sulfonamides is 1. The number of imidazole rings is 1. The van der Waals surface area contributed by atoms with Gasteiger partial charge in [0.2, 0.25) is 10.0 Å². The van der Waals surface area contributed by atoms with Gasteiger partial charge in [-0.3, -0.25) is 0 Å². The second kappa shape index (κ2) is 7.92. The number of hydrogen-bond donors (Lipinski definition) is 1. The number of fused-ring (bicyclic) bond motifs is 1. The summed E-state index contributed by atoms with van der Waals surface area (Å²) in [6, 6.07) is 14.3. The van der Waals surface area contributed by atoms with Crippen molar-refractivity contribution in [3.8, 4) is 0 Å². The monoisotopic (exact) mass is 431 g/mol. The largest absolute Gasteiger partial charge is 0.329 e. The Hall–Kier alpha value is -3.17. The Morgan fingerprint density at radius 2 is 1.57 bits per heavy atom. The van der Waals surface area contributed by atoms with E-state index >= 15 is 0 Å². The molecule has 1 aromatic heterocycles. The predicted octanol–water partition coefficient (Wildman–Crippen LogP) is 4.17. The average molecular weight is 431 g/mol. The van der Waals surface area contributed by atoms with Crippen molar-refractivity contribution in [1.29, 1.82) is 0 Å². The van der Waals surface area contributed by atoms with E-state index in [0.29, 0.717) is 11.1 Å². The quantitative estimate of drug-likeness (QED) is 0.498. The molecule has 0 saturated heterocycles. The molecule has 0 aliphatic heterocycles. The molecule has 0 fully saturated rings. The lowest BCUT2D eigenvalue weighted by Crippen LogP contribution is -2.32. The molecular formula is C21H16F3N3O2S. The van der Waals surface area contributed by atoms with Crippen molar-refractivity contribution < 1.29 is 21.6 Å². The van der Waals surface area contributed by atoms with Crippen molar-refractivity contribution >= 4 is 21.1 Å². The lowest BCUT2D eigenvalue weighted by Gasteiger charge is -2.21. The summed E-state index contributed by atoms with van der Waals surface area (Å²) < 4.78 is 71.3. The lowest BCUT2D eigenvalue weighted by molar-refractivity contribution is 0.491. The highest BCUT2D eigenvalue weighted by Gasteiger charge is 2.28. The van der Waals surface area contributed by atoms with Gasteiger partial charge in [-0.25, -0.2) is 31.3 Å². The molecule has 4 rings (SSSR count). The zero-order chi connectivity index (χ0) is 21.3. The van der Waals surface area contributed by atoms with E-state index in [0.717, 1.165) is 23.7 Å². The second-order valence-corrected chi connectivity index (χ2v) is 8.31. The highest BCUT2D eigenvalue weighted by atomic mass is 32.2. The van der Waals surface area contributed by atoms with Gasteiger partial charge in [0, 0.05) is 6.54 Å². The van der Waals surface area contributed by atoms with Crippen LogP contribution in [-0.4, -0.2) is 18.0 Å². The maximum Gasteiger partial charge on any atom is 0.247 e. The molecule has 0 spiro atoms. The van der Waals surface area contributed by atoms with E-state index in [2.05, 4.69) is 9.71 Å². The van der Waals surface area contributed by atoms with Crippen LogP contribution in [-0.2, 0) is 16.6 Å². The van der Waals surface area contributed by atoms with E-state index < -0.39 is 38.4 Å². The van der Waals surface area contributed by atoms with Crippen LogP contribution in [0, 0.1) is 17.5 Å². The minimum atomic E-state index is -4.56. The van der Waals surface area contributed by atoms with Crippen LogP contribution in [0.15, 0.2) is 78.0 Å². The Morgan fingerprint density at radius 1 is 0.900 bits per heavy atom. The fourth-order valence-corrected chi connectivity index (χ4v) is 4.60. The van der Waals surface area contributed by atoms with Crippen LogP contribution < -0.4 is 4.72 Å². The molecule has 0 radical (unpaired) electrons. The van der Waals surface area contributed by atoms with E-state index in [1.807, 2.05) is 18.2 Å². The van der Waals surface area contributed by atoms with E-state index in [1.165, 1.54) is 24.3 Å². The summed E-state index contributed by atoms with van der Waals surface area (Å²) in [5, 5.41) is 0. The smallest absolute Gasteiger partial charge is 0.247 e. The number of nitrogens with one attached hydrogen (secondary N) is 1. The van der Waals surface area contributed by atoms with Crippen molar-refractivity contribution in [2.24, 2.45) is 0 Å². The molecule has 4 aromatic rings. The molecule has 30 heavy (non-hydrogen) atoms. The maximum atomic E-state index is 14.1. The van der Waals surface area contributed by atoms with Gasteiger partial charge in [-0.05, 0) is 42.0 Å². The van der Waals surface area contributed by atoms with Crippen LogP contribution in [0.3, 0.4) is 0 Å². The zero-order valence-corrected chi connectivity index (χ0v) is 16.3. The summed E-state index contributed by atoms with van der Waals surface area (Å²) >= 11 is 0. The van der Waals surface area contributed by atoms with Gasteiger partial charge in [0.15, 0.2) is 4.90 Å². The first-order chi connectivity index (χ1) is 14.3. The van der Waals surface area contributed by atoms with Crippen LogP contribution >= 0.6 is 0 Å². The Balaban J connectivity index is 1.75. The van der Waals surface area contributed by atoms with Gasteiger partial charge in [-0.1, -0.05) is 30.3 Å². The minimum absolute atomic E-state index is 0.0709. The van der Waals surface area contributed by atoms with E-state index in [4.69, 9.17) is 0 Å². The third-order valence-corrected chi connectivity index (χ3v) is 6.19. The fourth-order valence-electron chi connectivity index (χ4n) is 3.24. The van der Waals surface area contributed by atoms with Crippen molar-refractivity contribution in [2.75, 3.05) is 0 Å². The first kappa shape index (κ1) is 20.1. The summed E-state index contributed by atoms with van der Waals surface area (Å²) in [5.74, 6) is -2.89. The zero-order valence-electron chi connectivity index (χ0n) is 15.5. The van der Waals surface area contributed by atoms with Gasteiger partial charge in [0.25, 0.3) is 0 Å². The normalized spacial score (nSPS) is 12.9. The molecule has 0 bridgehead atoms. The third kappa shape index (κ3) is 3.94. The van der Waals surface area contributed by atoms with Crippen LogP contribution in [0.5, 0.6) is 0 Å². The molecule has 0 saturated carbocycles. The van der Waals surface area contributed by atoms with Gasteiger partial charge in [0.05, 0.1) is 23.4 Å². The molecule has 1 heterocycles. The molecule has 5 nitrogen and oxygen atoms in total. The Bertz CT molecular complexity index is 1280. The first-order valence-corrected chi connectivity index (χ1v) is 10.4. The number of rotatable bonds is 6.